The molecule has 2 aromatic heterocycles. The first-order valence-corrected chi connectivity index (χ1v) is 22.0. The van der Waals surface area contributed by atoms with Crippen LogP contribution in [-0.4, -0.2) is 27.4 Å². The Morgan fingerprint density at radius 1 is 0.736 bits per heavy atom. The molecule has 0 bridgehead atoms. The van der Waals surface area contributed by atoms with Crippen LogP contribution in [0.5, 0.6) is 0 Å². The van der Waals surface area contributed by atoms with Gasteiger partial charge in [-0.1, -0.05) is 72.6 Å². The van der Waals surface area contributed by atoms with Crippen LogP contribution in [0.2, 0.25) is 0 Å². The van der Waals surface area contributed by atoms with E-state index in [9.17, 15) is 0 Å². The van der Waals surface area contributed by atoms with Crippen molar-refractivity contribution in [3.63, 3.8) is 0 Å². The Morgan fingerprint density at radius 3 is 2.11 bits per heavy atom. The summed E-state index contributed by atoms with van der Waals surface area (Å²) in [6, 6.07) is 21.2. The molecule has 3 aliphatic carbocycles. The van der Waals surface area contributed by atoms with Gasteiger partial charge in [0, 0.05) is 32.7 Å². The summed E-state index contributed by atoms with van der Waals surface area (Å²) in [5.41, 5.74) is 16.0. The van der Waals surface area contributed by atoms with Gasteiger partial charge in [-0.25, -0.2) is 0 Å². The normalized spacial score (nSPS) is 22.4. The lowest BCUT2D eigenvalue weighted by atomic mass is 9.79. The zero-order chi connectivity index (χ0) is 36.7. The molecule has 4 heteroatoms. The fourth-order valence-corrected chi connectivity index (χ4v) is 13.6. The zero-order valence-corrected chi connectivity index (χ0v) is 34.6. The van der Waals surface area contributed by atoms with Gasteiger partial charge in [-0.2, -0.15) is 9.48 Å². The first kappa shape index (κ1) is 34.0. The van der Waals surface area contributed by atoms with Crippen molar-refractivity contribution in [2.24, 2.45) is 5.92 Å². The van der Waals surface area contributed by atoms with Crippen molar-refractivity contribution in [2.75, 3.05) is 0 Å². The number of amidine groups is 1. The smallest absolute Gasteiger partial charge is 0.155 e. The van der Waals surface area contributed by atoms with Gasteiger partial charge < -0.3 is 0 Å². The largest absolute Gasteiger partial charge is 0.479 e. The standard InChI is InChI=1S/C49H59N3S/c1-28(2)33-20-23-41-36(27-33)45-46(53-41)44-37(48(45,8)9)21-22-38-43(44)40-26-32(7)42-31(6)24-30(5)25-39(42)52(40)49(38)50(34-16-12-10-13-17-34)47(29(3)4)51(49)35-18-14-11-15-19-35/h20-29,34-35H,10-19H2,1-9H3/q+2. The van der Waals surface area contributed by atoms with E-state index in [0.717, 1.165) is 0 Å². The van der Waals surface area contributed by atoms with Crippen molar-refractivity contribution in [1.29, 1.82) is 0 Å². The molecule has 10 rings (SSSR count). The fourth-order valence-electron chi connectivity index (χ4n) is 12.2. The number of rotatable bonds is 4. The minimum absolute atomic E-state index is 0.0753. The Kier molecular flexibility index (Phi) is 7.54. The number of aromatic nitrogens is 1. The van der Waals surface area contributed by atoms with E-state index in [1.54, 1.807) is 11.4 Å². The van der Waals surface area contributed by atoms with Crippen LogP contribution in [-0.2, 0) is 11.2 Å². The Hall–Kier alpha value is -3.50. The van der Waals surface area contributed by atoms with Crippen LogP contribution in [0.4, 0.5) is 0 Å². The minimum atomic E-state index is -0.371. The lowest BCUT2D eigenvalue weighted by molar-refractivity contribution is -0.957. The molecule has 5 aliphatic rings. The topological polar surface area (TPSA) is 10.1 Å². The third kappa shape index (κ3) is 4.39. The first-order chi connectivity index (χ1) is 25.5. The lowest BCUT2D eigenvalue weighted by Gasteiger charge is -2.50. The molecule has 1 atom stereocenters. The summed E-state index contributed by atoms with van der Waals surface area (Å²) < 4.78 is 7.40. The molecule has 0 amide bonds. The first-order valence-electron chi connectivity index (χ1n) is 21.1. The number of fused-ring (bicyclic) bond motifs is 13. The summed E-state index contributed by atoms with van der Waals surface area (Å²) in [5.74, 6) is 2.22. The van der Waals surface area contributed by atoms with E-state index >= 15 is 0 Å². The summed E-state index contributed by atoms with van der Waals surface area (Å²) >= 11 is 2.05. The third-order valence-corrected chi connectivity index (χ3v) is 15.5. The van der Waals surface area contributed by atoms with Crippen molar-refractivity contribution in [2.45, 2.75) is 156 Å². The van der Waals surface area contributed by atoms with E-state index in [4.69, 9.17) is 0 Å². The van der Waals surface area contributed by atoms with Crippen molar-refractivity contribution in [3.05, 3.63) is 87.5 Å². The molecule has 53 heavy (non-hydrogen) atoms. The third-order valence-electron chi connectivity index (χ3n) is 14.3. The molecule has 3 aromatic carbocycles. The molecule has 3 nitrogen and oxygen atoms in total. The molecule has 274 valence electrons. The van der Waals surface area contributed by atoms with Crippen LogP contribution in [0, 0.1) is 26.7 Å². The Labute approximate surface area is 321 Å². The lowest BCUT2D eigenvalue weighted by Crippen LogP contribution is -2.84. The van der Waals surface area contributed by atoms with Gasteiger partial charge in [0.05, 0.1) is 16.9 Å². The van der Waals surface area contributed by atoms with Crippen molar-refractivity contribution < 1.29 is 9.14 Å². The number of thiophene rings is 1. The maximum atomic E-state index is 3.04. The van der Waals surface area contributed by atoms with Gasteiger partial charge in [0.2, 0.25) is 11.2 Å². The van der Waals surface area contributed by atoms with E-state index < -0.39 is 0 Å². The van der Waals surface area contributed by atoms with E-state index in [1.807, 2.05) is 0 Å². The summed E-state index contributed by atoms with van der Waals surface area (Å²) in [7, 11) is 0. The summed E-state index contributed by atoms with van der Waals surface area (Å²) in [5, 5.41) is 2.91. The quantitative estimate of drug-likeness (QED) is 0.168. The van der Waals surface area contributed by atoms with E-state index in [1.165, 1.54) is 140 Å². The SMILES string of the molecule is Cc1cc(C)c2c(C)cc3[n+](c2c1)C1(c2ccc4c(c2-3)-c2sc3ccc(C(C)C)cc3c2C4(C)C)N(C2CCCCC2)C(C(C)C)=[N+]1C1CCCCC1. The average molecular weight is 722 g/mol. The maximum Gasteiger partial charge on any atom is 0.479 e. The van der Waals surface area contributed by atoms with Gasteiger partial charge >= 0.3 is 5.79 Å². The van der Waals surface area contributed by atoms with Crippen LogP contribution < -0.4 is 4.57 Å². The molecule has 0 saturated heterocycles. The van der Waals surface area contributed by atoms with E-state index in [-0.39, 0.29) is 11.2 Å². The molecule has 2 saturated carbocycles. The monoisotopic (exact) mass is 721 g/mol. The Balaban J connectivity index is 1.37. The predicted octanol–water partition coefficient (Wildman–Crippen LogP) is 12.4. The van der Waals surface area contributed by atoms with E-state index in [2.05, 4.69) is 136 Å². The number of hydrogen-bond acceptors (Lipinski definition) is 2. The molecule has 2 fully saturated rings. The zero-order valence-electron chi connectivity index (χ0n) is 33.7. The van der Waals surface area contributed by atoms with Crippen LogP contribution in [0.25, 0.3) is 42.7 Å². The molecular weight excluding hydrogens is 663 g/mol. The second-order valence-corrected chi connectivity index (χ2v) is 19.8. The number of aryl methyl sites for hydroxylation is 3. The van der Waals surface area contributed by atoms with Gasteiger partial charge in [-0.3, -0.25) is 0 Å². The van der Waals surface area contributed by atoms with Crippen molar-refractivity contribution in [3.8, 4) is 21.7 Å². The van der Waals surface area contributed by atoms with Crippen LogP contribution in [0.3, 0.4) is 0 Å². The molecule has 4 heterocycles. The van der Waals surface area contributed by atoms with E-state index in [0.29, 0.717) is 23.9 Å². The van der Waals surface area contributed by atoms with Gasteiger partial charge in [0.25, 0.3) is 5.84 Å². The molecule has 0 radical (unpaired) electrons. The minimum Gasteiger partial charge on any atom is -0.155 e. The van der Waals surface area contributed by atoms with Gasteiger partial charge in [0.1, 0.15) is 17.6 Å². The highest BCUT2D eigenvalue weighted by Crippen LogP contribution is 2.62. The Morgan fingerprint density at radius 2 is 1.42 bits per heavy atom. The summed E-state index contributed by atoms with van der Waals surface area (Å²) in [6.45, 7) is 21.7. The summed E-state index contributed by atoms with van der Waals surface area (Å²) in [6.07, 6.45) is 13.3. The molecule has 1 spiro atoms. The predicted molar refractivity (Wildman–Crippen MR) is 224 cm³/mol. The van der Waals surface area contributed by atoms with Crippen LogP contribution in [0.15, 0.2) is 48.5 Å². The molecule has 2 aliphatic heterocycles. The maximum absolute atomic E-state index is 3.04. The number of nitrogens with zero attached hydrogens (tertiary/aromatic N) is 3. The second kappa shape index (κ2) is 11.8. The molecule has 5 aromatic rings. The molecular formula is C49H59N3S+2. The van der Waals surface area contributed by atoms with Crippen LogP contribution >= 0.6 is 11.3 Å². The molecule has 1 unspecified atom stereocenters. The second-order valence-electron chi connectivity index (χ2n) is 18.7. The highest BCUT2D eigenvalue weighted by atomic mass is 32.1. The van der Waals surface area contributed by atoms with Crippen molar-refractivity contribution in [1.82, 2.24) is 4.90 Å². The summed E-state index contributed by atoms with van der Waals surface area (Å²) in [4.78, 5) is 4.56. The van der Waals surface area contributed by atoms with Gasteiger partial charge in [-0.15, -0.1) is 15.9 Å². The number of hydrogen-bond donors (Lipinski definition) is 0. The number of pyridine rings is 1. The Bertz CT molecular complexity index is 2390. The van der Waals surface area contributed by atoms with Gasteiger partial charge in [-0.05, 0) is 135 Å². The molecule has 0 N–H and O–H groups in total. The highest BCUT2D eigenvalue weighted by Gasteiger charge is 2.78. The number of benzene rings is 3. The van der Waals surface area contributed by atoms with Gasteiger partial charge in [0.15, 0.2) is 0 Å². The van der Waals surface area contributed by atoms with Crippen LogP contribution in [0.1, 0.15) is 151 Å². The fraction of sp³-hybridized carbons (Fsp3) is 0.510. The van der Waals surface area contributed by atoms with Crippen molar-refractivity contribution >= 4 is 38.2 Å². The highest BCUT2D eigenvalue weighted by molar-refractivity contribution is 7.22. The average Bonchev–Trinajstić information content (AvgIpc) is 3.72.